The molecule has 19 heavy (non-hydrogen) atoms. The number of methoxy groups -OCH3 is 3. The first-order valence-corrected chi connectivity index (χ1v) is 5.58. The molecule has 0 bridgehead atoms. The molecule has 0 atom stereocenters. The molecule has 1 aromatic carbocycles. The summed E-state index contributed by atoms with van der Waals surface area (Å²) in [5.41, 5.74) is 0.840. The summed E-state index contributed by atoms with van der Waals surface area (Å²) in [5, 5.41) is 0. The quantitative estimate of drug-likeness (QED) is 0.775. The number of ether oxygens (including phenoxy) is 3. The van der Waals surface area contributed by atoms with Gasteiger partial charge in [-0.1, -0.05) is 0 Å². The number of carbonyl (C=O) groups excluding carboxylic acids is 1. The van der Waals surface area contributed by atoms with Crippen molar-refractivity contribution < 1.29 is 23.4 Å². The Morgan fingerprint density at radius 1 is 1.00 bits per heavy atom. The molecule has 2 rings (SSSR count). The third-order valence-electron chi connectivity index (χ3n) is 2.73. The van der Waals surface area contributed by atoms with Gasteiger partial charge in [0.05, 0.1) is 38.7 Å². The summed E-state index contributed by atoms with van der Waals surface area (Å²) in [5.74, 6) is 1.03. The third kappa shape index (κ3) is 2.27. The second-order valence-electron chi connectivity index (χ2n) is 3.72. The van der Waals surface area contributed by atoms with E-state index in [1.807, 2.05) is 0 Å². The molecule has 5 nitrogen and oxygen atoms in total. The van der Waals surface area contributed by atoms with Crippen molar-refractivity contribution in [1.82, 2.24) is 0 Å². The Bertz CT molecular complexity index is 572. The Hall–Kier alpha value is -2.43. The number of hydrogen-bond donors (Lipinski definition) is 0. The van der Waals surface area contributed by atoms with Crippen LogP contribution in [0, 0.1) is 0 Å². The van der Waals surface area contributed by atoms with Gasteiger partial charge in [0, 0.05) is 0 Å². The molecule has 0 fully saturated rings. The lowest BCUT2D eigenvalue weighted by molar-refractivity contribution is 0.103. The molecule has 0 unspecified atom stereocenters. The smallest absolute Gasteiger partial charge is 0.204 e. The minimum atomic E-state index is -0.202. The normalized spacial score (nSPS) is 10.1. The molecule has 100 valence electrons. The first kappa shape index (κ1) is 13.0. The van der Waals surface area contributed by atoms with E-state index in [1.165, 1.54) is 33.9 Å². The van der Waals surface area contributed by atoms with E-state index in [4.69, 9.17) is 18.6 Å². The molecule has 0 aliphatic carbocycles. The van der Waals surface area contributed by atoms with Crippen molar-refractivity contribution >= 4 is 5.78 Å². The number of hydrogen-bond acceptors (Lipinski definition) is 5. The van der Waals surface area contributed by atoms with Gasteiger partial charge >= 0.3 is 0 Å². The zero-order valence-electron chi connectivity index (χ0n) is 10.9. The predicted octanol–water partition coefficient (Wildman–Crippen LogP) is 2.54. The number of rotatable bonds is 5. The first-order chi connectivity index (χ1) is 9.22. The molecular formula is C14H14O5. The Morgan fingerprint density at radius 3 is 2.26 bits per heavy atom. The molecule has 0 amide bonds. The van der Waals surface area contributed by atoms with Crippen LogP contribution in [0.2, 0.25) is 0 Å². The lowest BCUT2D eigenvalue weighted by Gasteiger charge is -2.14. The maximum atomic E-state index is 12.3. The van der Waals surface area contributed by atoms with Crippen molar-refractivity contribution in [2.45, 2.75) is 0 Å². The molecule has 0 N–H and O–H groups in total. The van der Waals surface area contributed by atoms with Crippen LogP contribution in [0.1, 0.15) is 15.9 Å². The van der Waals surface area contributed by atoms with Crippen molar-refractivity contribution in [3.63, 3.8) is 0 Å². The molecule has 1 heterocycles. The summed E-state index contributed by atoms with van der Waals surface area (Å²) < 4.78 is 20.6. The van der Waals surface area contributed by atoms with Crippen LogP contribution in [0.15, 0.2) is 35.1 Å². The van der Waals surface area contributed by atoms with Crippen LogP contribution < -0.4 is 14.2 Å². The molecule has 5 heteroatoms. The van der Waals surface area contributed by atoms with Crippen LogP contribution in [-0.4, -0.2) is 27.1 Å². The van der Waals surface area contributed by atoms with Crippen LogP contribution in [0.3, 0.4) is 0 Å². The van der Waals surface area contributed by atoms with Crippen LogP contribution >= 0.6 is 0 Å². The third-order valence-corrected chi connectivity index (χ3v) is 2.73. The second kappa shape index (κ2) is 5.48. The average molecular weight is 262 g/mol. The van der Waals surface area contributed by atoms with E-state index in [0.29, 0.717) is 28.4 Å². The molecular weight excluding hydrogens is 248 g/mol. The summed E-state index contributed by atoms with van der Waals surface area (Å²) in [4.78, 5) is 12.3. The van der Waals surface area contributed by atoms with Gasteiger partial charge in [0.1, 0.15) is 6.26 Å². The maximum absolute atomic E-state index is 12.3. The number of ketones is 1. The van der Waals surface area contributed by atoms with E-state index in [0.717, 1.165) is 0 Å². The number of benzene rings is 1. The molecule has 0 saturated heterocycles. The van der Waals surface area contributed by atoms with E-state index < -0.39 is 0 Å². The topological polar surface area (TPSA) is 57.9 Å². The molecule has 0 radical (unpaired) electrons. The van der Waals surface area contributed by atoms with E-state index in [1.54, 1.807) is 18.2 Å². The fourth-order valence-electron chi connectivity index (χ4n) is 1.83. The highest BCUT2D eigenvalue weighted by Crippen LogP contribution is 2.40. The van der Waals surface area contributed by atoms with Gasteiger partial charge in [0.25, 0.3) is 0 Å². The van der Waals surface area contributed by atoms with Crippen molar-refractivity contribution in [3.8, 4) is 17.2 Å². The minimum Gasteiger partial charge on any atom is -0.493 e. The fraction of sp³-hybridized carbons (Fsp3) is 0.214. The molecule has 2 aromatic rings. The number of carbonyl (C=O) groups is 1. The number of furan rings is 1. The zero-order chi connectivity index (χ0) is 13.8. The molecule has 1 aromatic heterocycles. The van der Waals surface area contributed by atoms with Crippen LogP contribution in [0.4, 0.5) is 0 Å². The zero-order valence-corrected chi connectivity index (χ0v) is 10.9. The van der Waals surface area contributed by atoms with Crippen molar-refractivity contribution in [3.05, 3.63) is 41.9 Å². The van der Waals surface area contributed by atoms with Gasteiger partial charge in [0.2, 0.25) is 5.75 Å². The maximum Gasteiger partial charge on any atom is 0.204 e. The van der Waals surface area contributed by atoms with E-state index in [2.05, 4.69) is 0 Å². The Morgan fingerprint density at radius 2 is 1.74 bits per heavy atom. The minimum absolute atomic E-state index is 0.202. The Balaban J connectivity index is 2.55. The highest BCUT2D eigenvalue weighted by atomic mass is 16.5. The SMILES string of the molecule is COc1ccc(C(=O)c2ccoc2)c(OC)c1OC. The monoisotopic (exact) mass is 262 g/mol. The molecule has 0 aliphatic heterocycles. The summed E-state index contributed by atoms with van der Waals surface area (Å²) in [6.07, 6.45) is 2.83. The van der Waals surface area contributed by atoms with Gasteiger partial charge in [0.15, 0.2) is 17.3 Å². The molecule has 0 aliphatic rings. The Labute approximate surface area is 110 Å². The fourth-order valence-corrected chi connectivity index (χ4v) is 1.83. The van der Waals surface area contributed by atoms with Gasteiger partial charge in [-0.3, -0.25) is 4.79 Å². The highest BCUT2D eigenvalue weighted by molar-refractivity contribution is 6.11. The van der Waals surface area contributed by atoms with Crippen molar-refractivity contribution in [1.29, 1.82) is 0 Å². The van der Waals surface area contributed by atoms with Crippen LogP contribution in [0.25, 0.3) is 0 Å². The molecule has 0 saturated carbocycles. The van der Waals surface area contributed by atoms with E-state index >= 15 is 0 Å². The van der Waals surface area contributed by atoms with Gasteiger partial charge in [-0.05, 0) is 18.2 Å². The summed E-state index contributed by atoms with van der Waals surface area (Å²) in [6, 6.07) is 4.89. The van der Waals surface area contributed by atoms with Crippen molar-refractivity contribution in [2.24, 2.45) is 0 Å². The van der Waals surface area contributed by atoms with Gasteiger partial charge in [-0.15, -0.1) is 0 Å². The Kier molecular flexibility index (Phi) is 3.75. The first-order valence-electron chi connectivity index (χ1n) is 5.58. The van der Waals surface area contributed by atoms with Crippen LogP contribution in [0.5, 0.6) is 17.2 Å². The van der Waals surface area contributed by atoms with Gasteiger partial charge in [-0.25, -0.2) is 0 Å². The van der Waals surface area contributed by atoms with Crippen molar-refractivity contribution in [2.75, 3.05) is 21.3 Å². The lowest BCUT2D eigenvalue weighted by atomic mass is 10.0. The van der Waals surface area contributed by atoms with E-state index in [9.17, 15) is 4.79 Å². The highest BCUT2D eigenvalue weighted by Gasteiger charge is 2.21. The van der Waals surface area contributed by atoms with Gasteiger partial charge in [-0.2, -0.15) is 0 Å². The predicted molar refractivity (Wildman–Crippen MR) is 68.2 cm³/mol. The largest absolute Gasteiger partial charge is 0.493 e. The standard InChI is InChI=1S/C14H14O5/c1-16-11-5-4-10(13(17-2)14(11)18-3)12(15)9-6-7-19-8-9/h4-8H,1-3H3. The second-order valence-corrected chi connectivity index (χ2v) is 3.72. The summed E-state index contributed by atoms with van der Waals surface area (Å²) >= 11 is 0. The average Bonchev–Trinajstić information content (AvgIpc) is 2.98. The summed E-state index contributed by atoms with van der Waals surface area (Å²) in [6.45, 7) is 0. The van der Waals surface area contributed by atoms with Gasteiger partial charge < -0.3 is 18.6 Å². The molecule has 0 spiro atoms. The van der Waals surface area contributed by atoms with Crippen LogP contribution in [-0.2, 0) is 0 Å². The van der Waals surface area contributed by atoms with E-state index in [-0.39, 0.29) is 5.78 Å². The summed E-state index contributed by atoms with van der Waals surface area (Å²) in [7, 11) is 4.49. The lowest BCUT2D eigenvalue weighted by Crippen LogP contribution is -2.05.